The van der Waals surface area contributed by atoms with Crippen LogP contribution < -0.4 is 10.8 Å². The Labute approximate surface area is 187 Å². The number of carbonyl (C=O) groups is 3. The van der Waals surface area contributed by atoms with E-state index in [1.165, 1.54) is 5.56 Å². The Balaban J connectivity index is 1.40. The van der Waals surface area contributed by atoms with E-state index in [2.05, 4.69) is 34.6 Å². The number of aromatic nitrogens is 1. The fourth-order valence-electron chi connectivity index (χ4n) is 3.83. The van der Waals surface area contributed by atoms with Crippen LogP contribution in [-0.2, 0) is 27.4 Å². The molecule has 0 bridgehead atoms. The van der Waals surface area contributed by atoms with Crippen LogP contribution in [0.2, 0.25) is 0 Å². The van der Waals surface area contributed by atoms with E-state index in [-0.39, 0.29) is 18.9 Å². The number of para-hydroxylation sites is 1. The number of hydrogen-bond donors (Lipinski definition) is 2. The summed E-state index contributed by atoms with van der Waals surface area (Å²) >= 11 is 0. The summed E-state index contributed by atoms with van der Waals surface area (Å²) in [4.78, 5) is 42.0. The zero-order valence-electron chi connectivity index (χ0n) is 18.2. The van der Waals surface area contributed by atoms with Gasteiger partial charge in [-0.3, -0.25) is 19.2 Å². The fourth-order valence-corrected chi connectivity index (χ4v) is 3.83. The predicted octanol–water partition coefficient (Wildman–Crippen LogP) is 3.40. The molecule has 32 heavy (non-hydrogen) atoms. The summed E-state index contributed by atoms with van der Waals surface area (Å²) < 4.78 is 2.07. The Bertz CT molecular complexity index is 1060. The molecule has 1 aliphatic heterocycles. The van der Waals surface area contributed by atoms with Crippen molar-refractivity contribution in [3.05, 3.63) is 72.5 Å². The third kappa shape index (κ3) is 5.62. The number of rotatable bonds is 12. The maximum absolute atomic E-state index is 12.7. The Hall–Kier alpha value is -3.45. The normalized spacial score (nSPS) is 12.9. The minimum absolute atomic E-state index is 0.206. The summed E-state index contributed by atoms with van der Waals surface area (Å²) in [5, 5.41) is 3.50. The molecule has 0 fully saturated rings. The van der Waals surface area contributed by atoms with Crippen LogP contribution in [-0.4, -0.2) is 35.3 Å². The van der Waals surface area contributed by atoms with Crippen LogP contribution in [0, 0.1) is 0 Å². The minimum Gasteiger partial charge on any atom is -0.349 e. The number of Topliss-reactive ketones (excluding diaryl/α,β-unsaturated/α-hetero) is 1. The summed E-state index contributed by atoms with van der Waals surface area (Å²) in [6.07, 6.45) is 10.2. The smallest absolute Gasteiger partial charge is 0.292 e. The monoisotopic (exact) mass is 435 g/mol. The van der Waals surface area contributed by atoms with Crippen molar-refractivity contribution in [3.8, 4) is 0 Å². The third-order valence-electron chi connectivity index (χ3n) is 5.41. The molecule has 0 spiro atoms. The average molecular weight is 436 g/mol. The molecule has 1 aromatic carbocycles. The summed E-state index contributed by atoms with van der Waals surface area (Å²) in [5.41, 5.74) is 5.89. The Morgan fingerprint density at radius 1 is 1.19 bits per heavy atom. The van der Waals surface area contributed by atoms with E-state index in [1.54, 1.807) is 24.4 Å². The van der Waals surface area contributed by atoms with E-state index >= 15 is 0 Å². The van der Waals surface area contributed by atoms with Gasteiger partial charge in [0.1, 0.15) is 0 Å². The standard InChI is InChI=1S/C25H29N3O4/c1-3-9-18(4-2)17-32-27-22(29)13-5-6-14-26-25(31)24(30)21-16-28-15-8-11-19-10-7-12-20(21)23(19)28/h3-4,7,9-10,12,16H,1-2,5-6,8,11,13-15,17H2,(H,26,31)(H,27,29)/b18-9+. The van der Waals surface area contributed by atoms with Gasteiger partial charge >= 0.3 is 0 Å². The van der Waals surface area contributed by atoms with Crippen LogP contribution in [0.15, 0.2) is 61.4 Å². The molecule has 2 amide bonds. The number of unbranched alkanes of at least 4 members (excludes halogenated alkanes) is 1. The number of allylic oxidation sites excluding steroid dienone is 2. The summed E-state index contributed by atoms with van der Waals surface area (Å²) in [6, 6.07) is 5.90. The van der Waals surface area contributed by atoms with Crippen molar-refractivity contribution in [2.45, 2.75) is 38.6 Å². The van der Waals surface area contributed by atoms with Crippen LogP contribution in [0.5, 0.6) is 0 Å². The molecule has 1 aliphatic rings. The molecule has 3 rings (SSSR count). The highest BCUT2D eigenvalue weighted by molar-refractivity contribution is 6.45. The lowest BCUT2D eigenvalue weighted by molar-refractivity contribution is -0.132. The first-order chi connectivity index (χ1) is 15.5. The average Bonchev–Trinajstić information content (AvgIpc) is 3.18. The highest BCUT2D eigenvalue weighted by Crippen LogP contribution is 2.29. The highest BCUT2D eigenvalue weighted by Gasteiger charge is 2.23. The molecule has 0 radical (unpaired) electrons. The number of nitrogens with one attached hydrogen (secondary N) is 2. The lowest BCUT2D eigenvalue weighted by Gasteiger charge is -2.14. The van der Waals surface area contributed by atoms with Gasteiger partial charge < -0.3 is 9.88 Å². The van der Waals surface area contributed by atoms with Crippen LogP contribution in [0.1, 0.15) is 41.6 Å². The van der Waals surface area contributed by atoms with Crippen LogP contribution in [0.4, 0.5) is 0 Å². The van der Waals surface area contributed by atoms with Crippen LogP contribution in [0.25, 0.3) is 10.9 Å². The van der Waals surface area contributed by atoms with Crippen LogP contribution in [0.3, 0.4) is 0 Å². The second-order valence-corrected chi connectivity index (χ2v) is 7.69. The molecule has 2 heterocycles. The van der Waals surface area contributed by atoms with E-state index in [1.807, 2.05) is 12.1 Å². The largest absolute Gasteiger partial charge is 0.349 e. The number of hydroxylamine groups is 1. The summed E-state index contributed by atoms with van der Waals surface area (Å²) in [5.74, 6) is -1.39. The van der Waals surface area contributed by atoms with Gasteiger partial charge in [0.05, 0.1) is 17.7 Å². The van der Waals surface area contributed by atoms with Gasteiger partial charge in [0, 0.05) is 31.1 Å². The lowest BCUT2D eigenvalue weighted by Crippen LogP contribution is -2.32. The van der Waals surface area contributed by atoms with Crippen molar-refractivity contribution in [2.24, 2.45) is 0 Å². The molecular weight excluding hydrogens is 406 g/mol. The van der Waals surface area contributed by atoms with E-state index < -0.39 is 11.7 Å². The Morgan fingerprint density at radius 2 is 2.03 bits per heavy atom. The Morgan fingerprint density at radius 3 is 2.81 bits per heavy atom. The van der Waals surface area contributed by atoms with Gasteiger partial charge in [0.25, 0.3) is 11.7 Å². The topological polar surface area (TPSA) is 89.4 Å². The highest BCUT2D eigenvalue weighted by atomic mass is 16.6. The second-order valence-electron chi connectivity index (χ2n) is 7.69. The number of carbonyl (C=O) groups excluding carboxylic acids is 3. The molecule has 2 aromatic rings. The van der Waals surface area contributed by atoms with E-state index in [0.717, 1.165) is 35.9 Å². The van der Waals surface area contributed by atoms with Crippen molar-refractivity contribution in [1.29, 1.82) is 0 Å². The molecule has 7 heteroatoms. The van der Waals surface area contributed by atoms with Crippen molar-refractivity contribution in [3.63, 3.8) is 0 Å². The number of amides is 2. The second kappa shape index (κ2) is 11.2. The first-order valence-electron chi connectivity index (χ1n) is 10.8. The molecule has 0 unspecified atom stereocenters. The molecule has 2 N–H and O–H groups in total. The number of benzene rings is 1. The lowest BCUT2D eigenvalue weighted by atomic mass is 10.0. The first kappa shape index (κ1) is 23.2. The quantitative estimate of drug-likeness (QED) is 0.176. The third-order valence-corrected chi connectivity index (χ3v) is 5.41. The zero-order chi connectivity index (χ0) is 22.9. The molecule has 0 aliphatic carbocycles. The van der Waals surface area contributed by atoms with E-state index in [4.69, 9.17) is 4.84 Å². The van der Waals surface area contributed by atoms with Gasteiger partial charge in [-0.1, -0.05) is 49.6 Å². The van der Waals surface area contributed by atoms with Crippen LogP contribution >= 0.6 is 0 Å². The van der Waals surface area contributed by atoms with Gasteiger partial charge in [0.15, 0.2) is 0 Å². The SMILES string of the molecule is C=C/C=C(\C=C)CONC(=O)CCCCNC(=O)C(=O)c1cn2c3c(cccc13)CCC2. The summed E-state index contributed by atoms with van der Waals surface area (Å²) in [7, 11) is 0. The van der Waals surface area contributed by atoms with Gasteiger partial charge in [0.2, 0.25) is 5.91 Å². The molecule has 7 nitrogen and oxygen atoms in total. The van der Waals surface area contributed by atoms with Crippen molar-refractivity contribution in [1.82, 2.24) is 15.4 Å². The van der Waals surface area contributed by atoms with E-state index in [9.17, 15) is 14.4 Å². The first-order valence-corrected chi connectivity index (χ1v) is 10.8. The number of hydrogen-bond acceptors (Lipinski definition) is 4. The minimum atomic E-state index is -0.618. The predicted molar refractivity (Wildman–Crippen MR) is 124 cm³/mol. The number of ketones is 1. The van der Waals surface area contributed by atoms with Gasteiger partial charge in [-0.2, -0.15) is 0 Å². The molecule has 0 saturated carbocycles. The molecule has 168 valence electrons. The maximum atomic E-state index is 12.7. The molecule has 0 saturated heterocycles. The number of nitrogens with zero attached hydrogens (tertiary/aromatic N) is 1. The van der Waals surface area contributed by atoms with Crippen molar-refractivity contribution >= 4 is 28.5 Å². The maximum Gasteiger partial charge on any atom is 0.292 e. The zero-order valence-corrected chi connectivity index (χ0v) is 18.2. The molecular formula is C25H29N3O4. The van der Waals surface area contributed by atoms with Gasteiger partial charge in [-0.05, 0) is 36.8 Å². The van der Waals surface area contributed by atoms with Crippen molar-refractivity contribution in [2.75, 3.05) is 13.2 Å². The molecule has 1 aromatic heterocycles. The van der Waals surface area contributed by atoms with Crippen molar-refractivity contribution < 1.29 is 19.2 Å². The van der Waals surface area contributed by atoms with E-state index in [0.29, 0.717) is 24.9 Å². The van der Waals surface area contributed by atoms with Gasteiger partial charge in [-0.15, -0.1) is 0 Å². The molecule has 0 atom stereocenters. The summed E-state index contributed by atoms with van der Waals surface area (Å²) in [6.45, 7) is 8.63. The van der Waals surface area contributed by atoms with Gasteiger partial charge in [-0.25, -0.2) is 5.48 Å². The fraction of sp³-hybridized carbons (Fsp3) is 0.320. The number of aryl methyl sites for hydroxylation is 2. The Kier molecular flexibility index (Phi) is 8.16.